The van der Waals surface area contributed by atoms with Crippen LogP contribution < -0.4 is 9.64 Å². The Bertz CT molecular complexity index is 1020. The number of benzene rings is 2. The zero-order valence-corrected chi connectivity index (χ0v) is 18.0. The van der Waals surface area contributed by atoms with Gasteiger partial charge < -0.3 is 9.84 Å². The number of hydrogen-bond donors (Lipinski definition) is 1. The third kappa shape index (κ3) is 4.59. The molecule has 1 saturated heterocycles. The first-order chi connectivity index (χ1) is 13.6. The molecule has 1 amide bonds. The van der Waals surface area contributed by atoms with Gasteiger partial charge in [0, 0.05) is 4.47 Å². The van der Waals surface area contributed by atoms with Gasteiger partial charge in [-0.3, -0.25) is 9.69 Å². The maximum absolute atomic E-state index is 13.0. The number of phenolic OH excluding ortho intramolecular Hbond substituents is 1. The van der Waals surface area contributed by atoms with Crippen LogP contribution in [-0.4, -0.2) is 21.9 Å². The van der Waals surface area contributed by atoms with E-state index in [0.29, 0.717) is 16.6 Å². The van der Waals surface area contributed by atoms with Crippen LogP contribution in [0.2, 0.25) is 0 Å². The second kappa shape index (κ2) is 8.37. The molecule has 0 aliphatic carbocycles. The fraction of sp³-hybridized carbons (Fsp3) is 0.158. The van der Waals surface area contributed by atoms with E-state index in [4.69, 9.17) is 17.0 Å². The van der Waals surface area contributed by atoms with Crippen LogP contribution in [-0.2, 0) is 11.0 Å². The number of ether oxygens (including phenoxy) is 1. The molecule has 10 heteroatoms. The van der Waals surface area contributed by atoms with Crippen molar-refractivity contribution in [1.82, 2.24) is 0 Å². The molecule has 1 aliphatic heterocycles. The number of nitrogens with zero attached hydrogens (tertiary/aromatic N) is 1. The van der Waals surface area contributed by atoms with Gasteiger partial charge in [0.1, 0.15) is 0 Å². The average Bonchev–Trinajstić information content (AvgIpc) is 2.92. The van der Waals surface area contributed by atoms with Crippen LogP contribution in [0.15, 0.2) is 45.8 Å². The summed E-state index contributed by atoms with van der Waals surface area (Å²) in [4.78, 5) is 14.1. The number of aromatic hydroxyl groups is 1. The molecular weight excluding hydrogens is 491 g/mol. The van der Waals surface area contributed by atoms with Gasteiger partial charge in [0.2, 0.25) is 0 Å². The van der Waals surface area contributed by atoms with Gasteiger partial charge in [0.05, 0.1) is 22.8 Å². The number of alkyl halides is 3. The number of thiocarbonyl (C=S) groups is 1. The van der Waals surface area contributed by atoms with Gasteiger partial charge in [-0.15, -0.1) is 0 Å². The van der Waals surface area contributed by atoms with Gasteiger partial charge in [-0.1, -0.05) is 46.0 Å². The Balaban J connectivity index is 1.97. The lowest BCUT2D eigenvalue weighted by atomic mass is 10.1. The Morgan fingerprint density at radius 3 is 2.69 bits per heavy atom. The fourth-order valence-corrected chi connectivity index (χ4v) is 4.33. The summed E-state index contributed by atoms with van der Waals surface area (Å²) in [6.45, 7) is 2.10. The number of halogens is 4. The minimum Gasteiger partial charge on any atom is -0.504 e. The Morgan fingerprint density at radius 1 is 1.31 bits per heavy atom. The van der Waals surface area contributed by atoms with E-state index in [2.05, 4.69) is 15.9 Å². The summed E-state index contributed by atoms with van der Waals surface area (Å²) < 4.78 is 45.0. The minimum absolute atomic E-state index is 0.0468. The normalized spacial score (nSPS) is 16.0. The van der Waals surface area contributed by atoms with Crippen molar-refractivity contribution in [1.29, 1.82) is 0 Å². The zero-order valence-electron chi connectivity index (χ0n) is 14.8. The van der Waals surface area contributed by atoms with Gasteiger partial charge in [-0.25, -0.2) is 0 Å². The van der Waals surface area contributed by atoms with Crippen LogP contribution in [0.4, 0.5) is 18.9 Å². The second-order valence-corrected chi connectivity index (χ2v) is 8.37. The second-order valence-electron chi connectivity index (χ2n) is 5.84. The van der Waals surface area contributed by atoms with Crippen LogP contribution in [0.5, 0.6) is 11.5 Å². The van der Waals surface area contributed by atoms with Crippen LogP contribution in [0, 0.1) is 0 Å². The van der Waals surface area contributed by atoms with Crippen molar-refractivity contribution in [3.05, 3.63) is 56.9 Å². The number of carbonyl (C=O) groups excluding carboxylic acids is 1. The van der Waals surface area contributed by atoms with Gasteiger partial charge in [-0.2, -0.15) is 13.2 Å². The summed E-state index contributed by atoms with van der Waals surface area (Å²) in [6, 6.07) is 7.43. The van der Waals surface area contributed by atoms with Crippen LogP contribution >= 0.6 is 39.9 Å². The Labute approximate surface area is 182 Å². The molecule has 2 aromatic carbocycles. The maximum Gasteiger partial charge on any atom is 0.416 e. The number of phenols is 1. The highest BCUT2D eigenvalue weighted by Gasteiger charge is 2.36. The van der Waals surface area contributed by atoms with Crippen molar-refractivity contribution < 1.29 is 27.8 Å². The third-order valence-electron chi connectivity index (χ3n) is 3.89. The molecule has 0 bridgehead atoms. The lowest BCUT2D eigenvalue weighted by molar-refractivity contribution is -0.137. The number of thioether (sulfide) groups is 1. The predicted octanol–water partition coefficient (Wildman–Crippen LogP) is 5.98. The molecule has 0 radical (unpaired) electrons. The summed E-state index contributed by atoms with van der Waals surface area (Å²) in [5.74, 6) is -0.347. The molecule has 0 spiro atoms. The average molecular weight is 504 g/mol. The van der Waals surface area contributed by atoms with E-state index < -0.39 is 17.6 Å². The molecule has 0 saturated carbocycles. The highest BCUT2D eigenvalue weighted by atomic mass is 79.9. The van der Waals surface area contributed by atoms with Gasteiger partial charge in [0.25, 0.3) is 5.91 Å². The molecule has 1 N–H and O–H groups in total. The molecule has 0 unspecified atom stereocenters. The number of hydrogen-bond acceptors (Lipinski definition) is 5. The van der Waals surface area contributed by atoms with Crippen molar-refractivity contribution >= 4 is 61.9 Å². The largest absolute Gasteiger partial charge is 0.504 e. The fourth-order valence-electron chi connectivity index (χ4n) is 2.59. The topological polar surface area (TPSA) is 49.8 Å². The summed E-state index contributed by atoms with van der Waals surface area (Å²) >= 11 is 9.51. The molecule has 1 fully saturated rings. The molecule has 0 aromatic heterocycles. The lowest BCUT2D eigenvalue weighted by Gasteiger charge is -2.16. The molecule has 152 valence electrons. The smallest absolute Gasteiger partial charge is 0.416 e. The quantitative estimate of drug-likeness (QED) is 0.410. The first kappa shape index (κ1) is 21.7. The maximum atomic E-state index is 13.0. The van der Waals surface area contributed by atoms with Crippen molar-refractivity contribution in [2.24, 2.45) is 0 Å². The first-order valence-electron chi connectivity index (χ1n) is 8.22. The molecule has 4 nitrogen and oxygen atoms in total. The first-order valence-corrected chi connectivity index (χ1v) is 10.2. The van der Waals surface area contributed by atoms with E-state index in [-0.39, 0.29) is 26.4 Å². The Hall–Kier alpha value is -2.04. The van der Waals surface area contributed by atoms with Crippen LogP contribution in [0.25, 0.3) is 6.08 Å². The molecular formula is C19H13BrF3NO3S2. The number of amides is 1. The summed E-state index contributed by atoms with van der Waals surface area (Å²) in [5.41, 5.74) is -0.267. The number of anilines is 1. The SMILES string of the molecule is CCOc1cc(/C=C2/SC(=S)N(c3cccc(C(F)(F)F)c3)C2=O)c(Br)cc1O. The predicted molar refractivity (Wildman–Crippen MR) is 114 cm³/mol. The van der Waals surface area contributed by atoms with E-state index in [1.54, 1.807) is 19.1 Å². The number of carbonyl (C=O) groups is 1. The van der Waals surface area contributed by atoms with Gasteiger partial charge >= 0.3 is 6.18 Å². The van der Waals surface area contributed by atoms with Gasteiger partial charge in [0.15, 0.2) is 15.8 Å². The molecule has 0 atom stereocenters. The number of rotatable bonds is 4. The molecule has 1 aliphatic rings. The van der Waals surface area contributed by atoms with Crippen molar-refractivity contribution in [3.63, 3.8) is 0 Å². The summed E-state index contributed by atoms with van der Waals surface area (Å²) in [5, 5.41) is 9.92. The molecule has 29 heavy (non-hydrogen) atoms. The minimum atomic E-state index is -4.53. The monoisotopic (exact) mass is 503 g/mol. The Kier molecular flexibility index (Phi) is 6.25. The molecule has 3 rings (SSSR count). The van der Waals surface area contributed by atoms with E-state index in [0.717, 1.165) is 28.8 Å². The van der Waals surface area contributed by atoms with E-state index in [1.165, 1.54) is 18.2 Å². The Morgan fingerprint density at radius 2 is 2.03 bits per heavy atom. The van der Waals surface area contributed by atoms with E-state index in [1.807, 2.05) is 0 Å². The summed E-state index contributed by atoms with van der Waals surface area (Å²) in [7, 11) is 0. The standard InChI is InChI=1S/C19H13BrF3NO3S2/c1-2-27-15-6-10(13(20)9-14(15)25)7-16-17(26)24(18(28)29-16)12-5-3-4-11(8-12)19(21,22)23/h3-9,25H,2H2,1H3/b16-7+. The summed E-state index contributed by atoms with van der Waals surface area (Å²) in [6.07, 6.45) is -2.99. The van der Waals surface area contributed by atoms with Gasteiger partial charge in [-0.05, 0) is 48.9 Å². The molecule has 2 aromatic rings. The highest BCUT2D eigenvalue weighted by Crippen LogP contribution is 2.40. The third-order valence-corrected chi connectivity index (χ3v) is 5.88. The van der Waals surface area contributed by atoms with E-state index >= 15 is 0 Å². The van der Waals surface area contributed by atoms with Crippen LogP contribution in [0.1, 0.15) is 18.1 Å². The van der Waals surface area contributed by atoms with Crippen molar-refractivity contribution in [3.8, 4) is 11.5 Å². The van der Waals surface area contributed by atoms with Crippen LogP contribution in [0.3, 0.4) is 0 Å². The van der Waals surface area contributed by atoms with Crippen molar-refractivity contribution in [2.75, 3.05) is 11.5 Å². The van der Waals surface area contributed by atoms with E-state index in [9.17, 15) is 23.1 Å². The lowest BCUT2D eigenvalue weighted by Crippen LogP contribution is -2.27. The molecule has 1 heterocycles. The van der Waals surface area contributed by atoms with Crippen molar-refractivity contribution in [2.45, 2.75) is 13.1 Å². The highest BCUT2D eigenvalue weighted by molar-refractivity contribution is 9.10. The zero-order chi connectivity index (χ0) is 21.3.